The molecule has 0 saturated heterocycles. The minimum Gasteiger partial charge on any atom is -0.376 e. The second kappa shape index (κ2) is 5.78. The van der Waals surface area contributed by atoms with Gasteiger partial charge in [0.2, 0.25) is 0 Å². The van der Waals surface area contributed by atoms with Crippen molar-refractivity contribution < 1.29 is 0 Å². The second-order valence-corrected chi connectivity index (χ2v) is 7.12. The number of nitrogens with zero attached hydrogens (tertiary/aromatic N) is 1. The Morgan fingerprint density at radius 1 is 1.24 bits per heavy atom. The molecule has 0 fully saturated rings. The van der Waals surface area contributed by atoms with Crippen LogP contribution in [0.2, 0.25) is 0 Å². The summed E-state index contributed by atoms with van der Waals surface area (Å²) >= 11 is 5.30. The highest BCUT2D eigenvalue weighted by molar-refractivity contribution is 9.10. The first kappa shape index (κ1) is 14.5. The zero-order valence-corrected chi connectivity index (χ0v) is 14.7. The molecule has 1 N–H and O–H groups in total. The number of aromatic nitrogens is 1. The van der Waals surface area contributed by atoms with Gasteiger partial charge >= 0.3 is 0 Å². The normalized spacial score (nSPS) is 12.6. The van der Waals surface area contributed by atoms with Crippen molar-refractivity contribution in [2.24, 2.45) is 0 Å². The summed E-state index contributed by atoms with van der Waals surface area (Å²) < 4.78 is 2.25. The molecule has 1 atom stereocenters. The fourth-order valence-electron chi connectivity index (χ4n) is 2.56. The number of halogens is 1. The molecule has 0 spiro atoms. The number of hydrogen-bond acceptors (Lipinski definition) is 3. The van der Waals surface area contributed by atoms with E-state index < -0.39 is 0 Å². The van der Waals surface area contributed by atoms with Gasteiger partial charge in [0.25, 0.3) is 0 Å². The van der Waals surface area contributed by atoms with Crippen molar-refractivity contribution >= 4 is 43.0 Å². The van der Waals surface area contributed by atoms with Gasteiger partial charge in [-0.3, -0.25) is 0 Å². The first-order valence-electron chi connectivity index (χ1n) is 6.93. The molecule has 2 heterocycles. The van der Waals surface area contributed by atoms with Gasteiger partial charge in [0.1, 0.15) is 4.60 Å². The van der Waals surface area contributed by atoms with E-state index in [1.807, 2.05) is 17.5 Å². The topological polar surface area (TPSA) is 24.9 Å². The number of anilines is 1. The zero-order chi connectivity index (χ0) is 15.0. The Morgan fingerprint density at radius 3 is 2.71 bits per heavy atom. The largest absolute Gasteiger partial charge is 0.376 e. The van der Waals surface area contributed by atoms with E-state index in [4.69, 9.17) is 0 Å². The molecule has 108 valence electrons. The number of benzene rings is 1. The number of hydrogen-bond donors (Lipinski definition) is 1. The Morgan fingerprint density at radius 2 is 2.00 bits per heavy atom. The fourth-order valence-corrected chi connectivity index (χ4v) is 3.99. The van der Waals surface area contributed by atoms with Gasteiger partial charge in [-0.2, -0.15) is 0 Å². The molecule has 0 aliphatic rings. The van der Waals surface area contributed by atoms with Crippen LogP contribution < -0.4 is 5.32 Å². The minimum absolute atomic E-state index is 0.268. The highest BCUT2D eigenvalue weighted by Crippen LogP contribution is 2.35. The number of fused-ring (bicyclic) bond motifs is 1. The summed E-state index contributed by atoms with van der Waals surface area (Å²) in [6, 6.07) is 11.0. The standard InChI is InChI=1S/C17H17BrN2S/c1-10-8-13(9-19-17(10)18)20-12(3)16-11(2)14-6-4-5-7-15(14)21-16/h4-9,12,20H,1-3H3. The van der Waals surface area contributed by atoms with Gasteiger partial charge in [-0.25, -0.2) is 4.98 Å². The molecule has 1 unspecified atom stereocenters. The van der Waals surface area contributed by atoms with Crippen molar-refractivity contribution in [3.8, 4) is 0 Å². The van der Waals surface area contributed by atoms with E-state index in [1.54, 1.807) is 0 Å². The summed E-state index contributed by atoms with van der Waals surface area (Å²) in [6.45, 7) is 6.46. The van der Waals surface area contributed by atoms with Crippen molar-refractivity contribution in [2.45, 2.75) is 26.8 Å². The lowest BCUT2D eigenvalue weighted by molar-refractivity contribution is 0.897. The third-order valence-electron chi connectivity index (χ3n) is 3.67. The molecule has 0 radical (unpaired) electrons. The molecule has 4 heteroatoms. The van der Waals surface area contributed by atoms with Crippen LogP contribution in [0.4, 0.5) is 5.69 Å². The maximum absolute atomic E-state index is 4.35. The van der Waals surface area contributed by atoms with Gasteiger partial charge in [-0.15, -0.1) is 11.3 Å². The van der Waals surface area contributed by atoms with Gasteiger partial charge in [0.15, 0.2) is 0 Å². The Bertz CT molecular complexity index is 795. The van der Waals surface area contributed by atoms with Crippen LogP contribution in [0.25, 0.3) is 10.1 Å². The average molecular weight is 361 g/mol. The van der Waals surface area contributed by atoms with Crippen LogP contribution in [-0.2, 0) is 0 Å². The predicted molar refractivity (Wildman–Crippen MR) is 95.3 cm³/mol. The maximum atomic E-state index is 4.35. The van der Waals surface area contributed by atoms with E-state index in [1.165, 1.54) is 20.5 Å². The van der Waals surface area contributed by atoms with Crippen LogP contribution in [0.15, 0.2) is 41.1 Å². The summed E-state index contributed by atoms with van der Waals surface area (Å²) in [4.78, 5) is 5.73. The van der Waals surface area contributed by atoms with E-state index in [0.717, 1.165) is 15.9 Å². The highest BCUT2D eigenvalue weighted by Gasteiger charge is 2.14. The van der Waals surface area contributed by atoms with E-state index in [-0.39, 0.29) is 6.04 Å². The minimum atomic E-state index is 0.268. The number of nitrogens with one attached hydrogen (secondary N) is 1. The quantitative estimate of drug-likeness (QED) is 0.592. The van der Waals surface area contributed by atoms with E-state index in [2.05, 4.69) is 77.3 Å². The summed E-state index contributed by atoms with van der Waals surface area (Å²) in [7, 11) is 0. The maximum Gasteiger partial charge on any atom is 0.109 e. The van der Waals surface area contributed by atoms with Gasteiger partial charge in [-0.05, 0) is 65.3 Å². The molecular weight excluding hydrogens is 344 g/mol. The monoisotopic (exact) mass is 360 g/mol. The van der Waals surface area contributed by atoms with Crippen molar-refractivity contribution in [3.63, 3.8) is 0 Å². The van der Waals surface area contributed by atoms with Crippen LogP contribution in [0, 0.1) is 13.8 Å². The number of aryl methyl sites for hydroxylation is 2. The first-order valence-corrected chi connectivity index (χ1v) is 8.54. The molecule has 0 bridgehead atoms. The Balaban J connectivity index is 1.91. The zero-order valence-electron chi connectivity index (χ0n) is 12.3. The SMILES string of the molecule is Cc1cc(NC(C)c2sc3ccccc3c2C)cnc1Br. The number of pyridine rings is 1. The molecule has 0 aliphatic carbocycles. The van der Waals surface area contributed by atoms with E-state index in [0.29, 0.717) is 0 Å². The van der Waals surface area contributed by atoms with Crippen LogP contribution in [-0.4, -0.2) is 4.98 Å². The molecule has 2 nitrogen and oxygen atoms in total. The predicted octanol–water partition coefficient (Wildman–Crippen LogP) is 5.85. The van der Waals surface area contributed by atoms with Crippen LogP contribution in [0.3, 0.4) is 0 Å². The van der Waals surface area contributed by atoms with Gasteiger partial charge in [0.05, 0.1) is 17.9 Å². The second-order valence-electron chi connectivity index (χ2n) is 5.29. The Hall–Kier alpha value is -1.39. The molecule has 21 heavy (non-hydrogen) atoms. The summed E-state index contributed by atoms with van der Waals surface area (Å²) in [5.41, 5.74) is 3.57. The third kappa shape index (κ3) is 2.83. The molecule has 1 aromatic carbocycles. The Kier molecular flexibility index (Phi) is 4.00. The molecule has 3 aromatic rings. The highest BCUT2D eigenvalue weighted by atomic mass is 79.9. The van der Waals surface area contributed by atoms with Crippen LogP contribution >= 0.6 is 27.3 Å². The number of rotatable bonds is 3. The summed E-state index contributed by atoms with van der Waals surface area (Å²) in [5, 5.41) is 4.91. The van der Waals surface area contributed by atoms with Crippen LogP contribution in [0.5, 0.6) is 0 Å². The molecular formula is C17H17BrN2S. The molecule has 3 rings (SSSR count). The molecule has 0 aliphatic heterocycles. The molecule has 0 saturated carbocycles. The van der Waals surface area contributed by atoms with Crippen molar-refractivity contribution in [1.29, 1.82) is 0 Å². The Labute approximate surface area is 137 Å². The van der Waals surface area contributed by atoms with Crippen molar-refractivity contribution in [1.82, 2.24) is 4.98 Å². The summed E-state index contributed by atoms with van der Waals surface area (Å²) in [6.07, 6.45) is 1.87. The summed E-state index contributed by atoms with van der Waals surface area (Å²) in [5.74, 6) is 0. The average Bonchev–Trinajstić information content (AvgIpc) is 2.81. The van der Waals surface area contributed by atoms with Crippen molar-refractivity contribution in [2.75, 3.05) is 5.32 Å². The first-order chi connectivity index (χ1) is 10.1. The molecule has 2 aromatic heterocycles. The van der Waals surface area contributed by atoms with Crippen molar-refractivity contribution in [3.05, 3.63) is 57.1 Å². The lowest BCUT2D eigenvalue weighted by Crippen LogP contribution is -2.06. The van der Waals surface area contributed by atoms with Gasteiger partial charge in [0, 0.05) is 9.58 Å². The van der Waals surface area contributed by atoms with Gasteiger partial charge in [-0.1, -0.05) is 18.2 Å². The number of thiophene rings is 1. The fraction of sp³-hybridized carbons (Fsp3) is 0.235. The third-order valence-corrected chi connectivity index (χ3v) is 5.96. The lowest BCUT2D eigenvalue weighted by Gasteiger charge is -2.15. The smallest absolute Gasteiger partial charge is 0.109 e. The lowest BCUT2D eigenvalue weighted by atomic mass is 10.1. The van der Waals surface area contributed by atoms with Crippen LogP contribution in [0.1, 0.15) is 29.0 Å². The van der Waals surface area contributed by atoms with E-state index in [9.17, 15) is 0 Å². The van der Waals surface area contributed by atoms with Gasteiger partial charge < -0.3 is 5.32 Å². The van der Waals surface area contributed by atoms with E-state index >= 15 is 0 Å². The molecule has 0 amide bonds.